The fourth-order valence-electron chi connectivity index (χ4n) is 3.83. The second kappa shape index (κ2) is 8.88. The zero-order valence-corrected chi connectivity index (χ0v) is 19.5. The van der Waals surface area contributed by atoms with Gasteiger partial charge in [-0.05, 0) is 68.1 Å². The molecule has 0 bridgehead atoms. The second-order valence-corrected chi connectivity index (χ2v) is 12.5. The van der Waals surface area contributed by atoms with Crippen LogP contribution in [0.3, 0.4) is 0 Å². The van der Waals surface area contributed by atoms with Gasteiger partial charge >= 0.3 is 0 Å². The molecule has 0 spiro atoms. The van der Waals surface area contributed by atoms with E-state index in [4.69, 9.17) is 11.6 Å². The molecular formula is C21H23ClFNO5S2. The highest BCUT2D eigenvalue weighted by molar-refractivity contribution is 7.92. The largest absolute Gasteiger partial charge is 0.339 e. The molecule has 3 rings (SSSR count). The van der Waals surface area contributed by atoms with Crippen LogP contribution in [0.1, 0.15) is 30.1 Å². The number of nitrogens with zero attached hydrogens (tertiary/aromatic N) is 1. The predicted octanol–water partition coefficient (Wildman–Crippen LogP) is 3.60. The highest BCUT2D eigenvalue weighted by Crippen LogP contribution is 2.30. The molecule has 0 radical (unpaired) electrons. The molecule has 31 heavy (non-hydrogen) atoms. The summed E-state index contributed by atoms with van der Waals surface area (Å²) in [6.45, 7) is 2.16. The zero-order valence-electron chi connectivity index (χ0n) is 17.1. The van der Waals surface area contributed by atoms with Crippen molar-refractivity contribution in [2.75, 3.05) is 19.3 Å². The normalized spacial score (nSPS) is 16.8. The number of carbonyl (C=O) groups is 1. The first-order valence-corrected chi connectivity index (χ1v) is 13.5. The molecule has 1 aliphatic heterocycles. The number of halogens is 2. The predicted molar refractivity (Wildman–Crippen MR) is 116 cm³/mol. The summed E-state index contributed by atoms with van der Waals surface area (Å²) in [6.07, 6.45) is 1.83. The first-order valence-electron chi connectivity index (χ1n) is 9.69. The van der Waals surface area contributed by atoms with Gasteiger partial charge in [-0.15, -0.1) is 0 Å². The zero-order chi connectivity index (χ0) is 23.0. The van der Waals surface area contributed by atoms with Crippen LogP contribution in [-0.4, -0.2) is 52.2 Å². The minimum absolute atomic E-state index is 0.174. The highest BCUT2D eigenvalue weighted by Gasteiger charge is 2.35. The lowest BCUT2D eigenvalue weighted by Gasteiger charge is -2.35. The molecule has 168 valence electrons. The first kappa shape index (κ1) is 23.7. The number of amides is 1. The van der Waals surface area contributed by atoms with Crippen molar-refractivity contribution < 1.29 is 26.0 Å². The molecule has 1 unspecified atom stereocenters. The van der Waals surface area contributed by atoms with Crippen molar-refractivity contribution in [3.8, 4) is 0 Å². The van der Waals surface area contributed by atoms with E-state index in [9.17, 15) is 26.0 Å². The Morgan fingerprint density at radius 1 is 1.06 bits per heavy atom. The van der Waals surface area contributed by atoms with Gasteiger partial charge in [-0.3, -0.25) is 4.79 Å². The molecule has 1 amide bonds. The number of hydrogen-bond acceptors (Lipinski definition) is 5. The molecule has 2 aromatic rings. The van der Waals surface area contributed by atoms with Crippen LogP contribution in [0, 0.1) is 11.7 Å². The average Bonchev–Trinajstić information content (AvgIpc) is 2.72. The van der Waals surface area contributed by atoms with Gasteiger partial charge in [-0.25, -0.2) is 21.2 Å². The van der Waals surface area contributed by atoms with Gasteiger partial charge < -0.3 is 4.90 Å². The number of piperidine rings is 1. The molecule has 1 atom stereocenters. The van der Waals surface area contributed by atoms with Crippen LogP contribution < -0.4 is 0 Å². The van der Waals surface area contributed by atoms with Gasteiger partial charge in [0, 0.05) is 24.4 Å². The van der Waals surface area contributed by atoms with Crippen molar-refractivity contribution in [2.45, 2.75) is 34.8 Å². The maximum Gasteiger partial charge on any atom is 0.255 e. The van der Waals surface area contributed by atoms with Crippen LogP contribution >= 0.6 is 11.6 Å². The number of likely N-dealkylation sites (tertiary alicyclic amines) is 1. The van der Waals surface area contributed by atoms with Crippen molar-refractivity contribution in [3.05, 3.63) is 58.9 Å². The molecule has 1 aliphatic rings. The van der Waals surface area contributed by atoms with Gasteiger partial charge in [0.25, 0.3) is 5.91 Å². The molecule has 2 aromatic carbocycles. The highest BCUT2D eigenvalue weighted by atomic mass is 35.5. The second-order valence-electron chi connectivity index (χ2n) is 7.75. The maximum absolute atomic E-state index is 13.7. The lowest BCUT2D eigenvalue weighted by Crippen LogP contribution is -2.42. The molecule has 0 aromatic heterocycles. The Balaban J connectivity index is 1.75. The third-order valence-electron chi connectivity index (χ3n) is 5.69. The molecule has 0 aliphatic carbocycles. The van der Waals surface area contributed by atoms with Gasteiger partial charge in [0.05, 0.1) is 20.6 Å². The minimum atomic E-state index is -3.71. The fourth-order valence-corrected chi connectivity index (χ4v) is 6.54. The number of benzene rings is 2. The molecule has 1 heterocycles. The average molecular weight is 488 g/mol. The number of sulfone groups is 2. The molecule has 1 fully saturated rings. The summed E-state index contributed by atoms with van der Waals surface area (Å²) in [5.41, 5.74) is -0.206. The van der Waals surface area contributed by atoms with Gasteiger partial charge in [-0.1, -0.05) is 11.6 Å². The van der Waals surface area contributed by atoms with E-state index >= 15 is 0 Å². The summed E-state index contributed by atoms with van der Waals surface area (Å²) in [4.78, 5) is 14.3. The summed E-state index contributed by atoms with van der Waals surface area (Å²) in [6, 6.07) is 9.03. The summed E-state index contributed by atoms with van der Waals surface area (Å²) in [7, 11) is -7.28. The Morgan fingerprint density at radius 2 is 1.65 bits per heavy atom. The van der Waals surface area contributed by atoms with E-state index < -0.39 is 36.6 Å². The molecule has 6 nitrogen and oxygen atoms in total. The molecule has 0 N–H and O–H groups in total. The summed E-state index contributed by atoms with van der Waals surface area (Å²) in [5.74, 6) is -1.45. The summed E-state index contributed by atoms with van der Waals surface area (Å²) in [5, 5.41) is -0.212. The van der Waals surface area contributed by atoms with Crippen LogP contribution in [-0.2, 0) is 19.7 Å². The van der Waals surface area contributed by atoms with Crippen molar-refractivity contribution in [1.82, 2.24) is 4.90 Å². The lowest BCUT2D eigenvalue weighted by molar-refractivity contribution is 0.0685. The van der Waals surface area contributed by atoms with Gasteiger partial charge in [0.2, 0.25) is 0 Å². The van der Waals surface area contributed by atoms with E-state index in [-0.39, 0.29) is 34.4 Å². The smallest absolute Gasteiger partial charge is 0.255 e. The SMILES string of the molecule is CC(C1CCN(C(=O)c2cc(F)ccc2S(C)(=O)=O)CC1)S(=O)(=O)c1ccc(Cl)cc1. The molecular weight excluding hydrogens is 465 g/mol. The van der Waals surface area contributed by atoms with Crippen molar-refractivity contribution in [2.24, 2.45) is 5.92 Å². The van der Waals surface area contributed by atoms with E-state index in [1.807, 2.05) is 0 Å². The van der Waals surface area contributed by atoms with Crippen LogP contribution in [0.15, 0.2) is 52.3 Å². The fraction of sp³-hybridized carbons (Fsp3) is 0.381. The standard InChI is InChI=1S/C21H23ClFNO5S2/c1-14(31(28,29)18-6-3-16(22)4-7-18)15-9-11-24(12-10-15)21(25)19-13-17(23)5-8-20(19)30(2,26)27/h3-8,13-15H,9-12H2,1-2H3. The van der Waals surface area contributed by atoms with E-state index in [0.29, 0.717) is 17.9 Å². The first-order chi connectivity index (χ1) is 14.4. The Hall–Kier alpha value is -1.97. The summed E-state index contributed by atoms with van der Waals surface area (Å²) < 4.78 is 63.6. The van der Waals surface area contributed by atoms with E-state index in [0.717, 1.165) is 24.5 Å². The topological polar surface area (TPSA) is 88.6 Å². The third kappa shape index (κ3) is 5.10. The monoisotopic (exact) mass is 487 g/mol. The number of carbonyl (C=O) groups excluding carboxylic acids is 1. The van der Waals surface area contributed by atoms with E-state index in [2.05, 4.69) is 0 Å². The van der Waals surface area contributed by atoms with Crippen LogP contribution in [0.4, 0.5) is 4.39 Å². The third-order valence-corrected chi connectivity index (χ3v) is 9.39. The Bertz CT molecular complexity index is 1190. The van der Waals surface area contributed by atoms with Crippen LogP contribution in [0.5, 0.6) is 0 Å². The Morgan fingerprint density at radius 3 is 2.19 bits per heavy atom. The van der Waals surface area contributed by atoms with Crippen LogP contribution in [0.25, 0.3) is 0 Å². The minimum Gasteiger partial charge on any atom is -0.339 e. The Kier molecular flexibility index (Phi) is 6.78. The Labute approximate surface area is 186 Å². The molecule has 10 heteroatoms. The summed E-state index contributed by atoms with van der Waals surface area (Å²) >= 11 is 5.84. The van der Waals surface area contributed by atoms with Gasteiger partial charge in [-0.2, -0.15) is 0 Å². The molecule has 1 saturated heterocycles. The molecule has 0 saturated carbocycles. The maximum atomic E-state index is 13.7. The lowest BCUT2D eigenvalue weighted by atomic mass is 9.93. The van der Waals surface area contributed by atoms with Gasteiger partial charge in [0.1, 0.15) is 5.82 Å². The van der Waals surface area contributed by atoms with Gasteiger partial charge in [0.15, 0.2) is 19.7 Å². The van der Waals surface area contributed by atoms with E-state index in [1.54, 1.807) is 6.92 Å². The quantitative estimate of drug-likeness (QED) is 0.601. The number of hydrogen-bond donors (Lipinski definition) is 0. The van der Waals surface area contributed by atoms with E-state index in [1.165, 1.54) is 29.2 Å². The van der Waals surface area contributed by atoms with Crippen LogP contribution in [0.2, 0.25) is 5.02 Å². The van der Waals surface area contributed by atoms with Crippen molar-refractivity contribution in [1.29, 1.82) is 0 Å². The van der Waals surface area contributed by atoms with Crippen molar-refractivity contribution in [3.63, 3.8) is 0 Å². The van der Waals surface area contributed by atoms with Crippen molar-refractivity contribution >= 4 is 37.2 Å². The number of rotatable bonds is 5.